The number of carbonyl (C=O) groups excluding carboxylic acids is 1. The zero-order chi connectivity index (χ0) is 14.4. The van der Waals surface area contributed by atoms with Gasteiger partial charge >= 0.3 is 11.9 Å². The third kappa shape index (κ3) is 3.77. The van der Waals surface area contributed by atoms with E-state index in [0.717, 1.165) is 0 Å². The molecule has 0 radical (unpaired) electrons. The fourth-order valence-electron chi connectivity index (χ4n) is 1.60. The van der Waals surface area contributed by atoms with Gasteiger partial charge in [0.1, 0.15) is 0 Å². The van der Waals surface area contributed by atoms with Crippen molar-refractivity contribution in [1.82, 2.24) is 0 Å². The fraction of sp³-hybridized carbons (Fsp3) is 0.333. The zero-order valence-corrected chi connectivity index (χ0v) is 10.2. The minimum atomic E-state index is -1.44. The third-order valence-electron chi connectivity index (χ3n) is 2.48. The predicted octanol–water partition coefficient (Wildman–Crippen LogP) is 1.40. The number of hydrogen-bond donors (Lipinski definition) is 1. The molecule has 1 rings (SSSR count). The summed E-state index contributed by atoms with van der Waals surface area (Å²) in [6.45, 7) is 1.61. The van der Waals surface area contributed by atoms with Crippen molar-refractivity contribution in [2.45, 2.75) is 13.3 Å². The fourth-order valence-corrected chi connectivity index (χ4v) is 1.60. The van der Waals surface area contributed by atoms with Gasteiger partial charge in [0, 0.05) is 18.1 Å². The summed E-state index contributed by atoms with van der Waals surface area (Å²) < 4.78 is 4.65. The largest absolute Gasteiger partial charge is 0.481 e. The first kappa shape index (κ1) is 14.6. The van der Waals surface area contributed by atoms with Gasteiger partial charge in [0.2, 0.25) is 0 Å². The van der Waals surface area contributed by atoms with Crippen LogP contribution in [0.25, 0.3) is 0 Å². The van der Waals surface area contributed by atoms with Crippen molar-refractivity contribution in [3.05, 3.63) is 39.9 Å². The third-order valence-corrected chi connectivity index (χ3v) is 2.48. The number of carbonyl (C=O) groups is 2. The Labute approximate surface area is 109 Å². The first-order chi connectivity index (χ1) is 8.97. The lowest BCUT2D eigenvalue weighted by molar-refractivity contribution is -0.385. The van der Waals surface area contributed by atoms with Gasteiger partial charge in [-0.15, -0.1) is 0 Å². The van der Waals surface area contributed by atoms with Gasteiger partial charge in [-0.2, -0.15) is 0 Å². The standard InChI is InChI=1S/C12H13NO6/c1-2-19-12(16)9(11(14)15)7-8-5-3-4-6-10(8)13(17)18/h3-6,9H,2,7H2,1H3,(H,14,15). The van der Waals surface area contributed by atoms with Crippen molar-refractivity contribution in [3.63, 3.8) is 0 Å². The number of ether oxygens (including phenoxy) is 1. The highest BCUT2D eigenvalue weighted by molar-refractivity contribution is 5.94. The van der Waals surface area contributed by atoms with Crippen LogP contribution in [0.15, 0.2) is 24.3 Å². The lowest BCUT2D eigenvalue weighted by atomic mass is 9.98. The van der Waals surface area contributed by atoms with Crippen LogP contribution in [-0.4, -0.2) is 28.6 Å². The Bertz CT molecular complexity index is 499. The molecule has 7 heteroatoms. The topological polar surface area (TPSA) is 107 Å². The summed E-state index contributed by atoms with van der Waals surface area (Å²) >= 11 is 0. The maximum atomic E-state index is 11.5. The molecule has 0 saturated heterocycles. The Hall–Kier alpha value is -2.44. The van der Waals surface area contributed by atoms with E-state index in [1.807, 2.05) is 0 Å². The van der Waals surface area contributed by atoms with Gasteiger partial charge in [0.25, 0.3) is 5.69 Å². The summed E-state index contributed by atoms with van der Waals surface area (Å²) in [5.74, 6) is -3.70. The molecule has 0 aliphatic heterocycles. The molecule has 1 aromatic rings. The van der Waals surface area contributed by atoms with Crippen molar-refractivity contribution < 1.29 is 24.4 Å². The van der Waals surface area contributed by atoms with E-state index >= 15 is 0 Å². The number of para-hydroxylation sites is 1. The summed E-state index contributed by atoms with van der Waals surface area (Å²) in [6.07, 6.45) is -0.273. The number of aliphatic carboxylic acids is 1. The number of nitro benzene ring substituents is 1. The molecular weight excluding hydrogens is 254 g/mol. The predicted molar refractivity (Wildman–Crippen MR) is 64.6 cm³/mol. The smallest absolute Gasteiger partial charge is 0.320 e. The molecule has 0 amide bonds. The Morgan fingerprint density at radius 1 is 1.42 bits per heavy atom. The molecular formula is C12H13NO6. The quantitative estimate of drug-likeness (QED) is 0.361. The molecule has 7 nitrogen and oxygen atoms in total. The Balaban J connectivity index is 3.00. The molecule has 0 heterocycles. The van der Waals surface area contributed by atoms with Gasteiger partial charge in [-0.1, -0.05) is 18.2 Å². The molecule has 1 aromatic carbocycles. The molecule has 0 aliphatic rings. The molecule has 19 heavy (non-hydrogen) atoms. The molecule has 102 valence electrons. The van der Waals surface area contributed by atoms with E-state index < -0.39 is 22.8 Å². The lowest BCUT2D eigenvalue weighted by Gasteiger charge is -2.11. The molecule has 0 bridgehead atoms. The average Bonchev–Trinajstić information content (AvgIpc) is 2.36. The Kier molecular flexibility index (Phi) is 4.99. The van der Waals surface area contributed by atoms with E-state index in [1.54, 1.807) is 13.0 Å². The van der Waals surface area contributed by atoms with Crippen LogP contribution in [0, 0.1) is 16.0 Å². The van der Waals surface area contributed by atoms with Crippen LogP contribution in [0.3, 0.4) is 0 Å². The first-order valence-corrected chi connectivity index (χ1v) is 5.59. The van der Waals surface area contributed by atoms with Gasteiger partial charge in [0.05, 0.1) is 11.5 Å². The van der Waals surface area contributed by atoms with Crippen molar-refractivity contribution in [3.8, 4) is 0 Å². The number of hydrogen-bond acceptors (Lipinski definition) is 5. The Morgan fingerprint density at radius 2 is 2.05 bits per heavy atom. The SMILES string of the molecule is CCOC(=O)C(Cc1ccccc1[N+](=O)[O-])C(=O)O. The minimum Gasteiger partial charge on any atom is -0.481 e. The van der Waals surface area contributed by atoms with Crippen LogP contribution in [0.2, 0.25) is 0 Å². The summed E-state index contributed by atoms with van der Waals surface area (Å²) in [4.78, 5) is 32.7. The van der Waals surface area contributed by atoms with Crippen LogP contribution in [0.4, 0.5) is 5.69 Å². The number of esters is 1. The van der Waals surface area contributed by atoms with Crippen LogP contribution in [0.1, 0.15) is 12.5 Å². The summed E-state index contributed by atoms with van der Waals surface area (Å²) in [5.41, 5.74) is -0.0222. The molecule has 0 spiro atoms. The van der Waals surface area contributed by atoms with E-state index in [4.69, 9.17) is 5.11 Å². The van der Waals surface area contributed by atoms with Crippen molar-refractivity contribution in [1.29, 1.82) is 0 Å². The number of nitrogens with zero attached hydrogens (tertiary/aromatic N) is 1. The van der Waals surface area contributed by atoms with E-state index in [9.17, 15) is 19.7 Å². The van der Waals surface area contributed by atoms with Crippen molar-refractivity contribution >= 4 is 17.6 Å². The number of rotatable bonds is 6. The van der Waals surface area contributed by atoms with E-state index in [1.165, 1.54) is 18.2 Å². The second-order valence-corrected chi connectivity index (χ2v) is 3.73. The second-order valence-electron chi connectivity index (χ2n) is 3.73. The molecule has 1 unspecified atom stereocenters. The highest BCUT2D eigenvalue weighted by Gasteiger charge is 2.30. The van der Waals surface area contributed by atoms with Crippen molar-refractivity contribution in [2.24, 2.45) is 5.92 Å². The van der Waals surface area contributed by atoms with E-state index in [0.29, 0.717) is 0 Å². The van der Waals surface area contributed by atoms with Crippen LogP contribution in [0.5, 0.6) is 0 Å². The van der Waals surface area contributed by atoms with Gasteiger partial charge in [-0.25, -0.2) is 0 Å². The average molecular weight is 267 g/mol. The second kappa shape index (κ2) is 6.48. The number of benzene rings is 1. The maximum Gasteiger partial charge on any atom is 0.320 e. The molecule has 0 aromatic heterocycles. The summed E-state index contributed by atoms with van der Waals surface area (Å²) in [7, 11) is 0. The van der Waals surface area contributed by atoms with Gasteiger partial charge in [0.15, 0.2) is 5.92 Å². The molecule has 1 N–H and O–H groups in total. The lowest BCUT2D eigenvalue weighted by Crippen LogP contribution is -2.28. The van der Waals surface area contributed by atoms with Crippen molar-refractivity contribution in [2.75, 3.05) is 6.61 Å². The molecule has 1 atom stereocenters. The number of carboxylic acids is 1. The van der Waals surface area contributed by atoms with E-state index in [2.05, 4.69) is 4.74 Å². The van der Waals surface area contributed by atoms with Gasteiger partial charge in [-0.05, 0) is 6.92 Å². The Morgan fingerprint density at radius 3 is 2.58 bits per heavy atom. The minimum absolute atomic E-state index is 0.0551. The molecule has 0 saturated carbocycles. The first-order valence-electron chi connectivity index (χ1n) is 5.59. The molecule has 0 fully saturated rings. The van der Waals surface area contributed by atoms with Crippen LogP contribution < -0.4 is 0 Å². The number of nitro groups is 1. The normalized spacial score (nSPS) is 11.6. The monoisotopic (exact) mass is 267 g/mol. The number of carboxylic acid groups (broad SMARTS) is 1. The summed E-state index contributed by atoms with van der Waals surface area (Å²) in [5, 5.41) is 19.8. The molecule has 0 aliphatic carbocycles. The maximum absolute atomic E-state index is 11.5. The van der Waals surface area contributed by atoms with Crippen LogP contribution in [-0.2, 0) is 20.7 Å². The van der Waals surface area contributed by atoms with Gasteiger partial charge in [-0.3, -0.25) is 19.7 Å². The highest BCUT2D eigenvalue weighted by atomic mass is 16.6. The van der Waals surface area contributed by atoms with Crippen LogP contribution >= 0.6 is 0 Å². The summed E-state index contributed by atoms with van der Waals surface area (Å²) in [6, 6.07) is 5.71. The highest BCUT2D eigenvalue weighted by Crippen LogP contribution is 2.21. The zero-order valence-electron chi connectivity index (χ0n) is 10.2. The van der Waals surface area contributed by atoms with Gasteiger partial charge < -0.3 is 9.84 Å². The van der Waals surface area contributed by atoms with E-state index in [-0.39, 0.29) is 24.3 Å².